The van der Waals surface area contributed by atoms with Crippen LogP contribution in [0.1, 0.15) is 38.4 Å². The molecule has 0 aliphatic heterocycles. The van der Waals surface area contributed by atoms with E-state index >= 15 is 0 Å². The number of hydrogen-bond donors (Lipinski definition) is 3. The zero-order valence-corrected chi connectivity index (χ0v) is 13.2. The summed E-state index contributed by atoms with van der Waals surface area (Å²) >= 11 is 0. The highest BCUT2D eigenvalue weighted by Gasteiger charge is 2.22. The quantitative estimate of drug-likeness (QED) is 0.565. The molecule has 2 rings (SSSR count). The van der Waals surface area contributed by atoms with E-state index in [0.29, 0.717) is 31.3 Å². The van der Waals surface area contributed by atoms with E-state index in [-0.39, 0.29) is 17.6 Å². The molecule has 0 radical (unpaired) electrons. The molecule has 1 aromatic heterocycles. The van der Waals surface area contributed by atoms with E-state index in [1.54, 1.807) is 6.07 Å². The van der Waals surface area contributed by atoms with Crippen LogP contribution in [0.2, 0.25) is 0 Å². The van der Waals surface area contributed by atoms with Crippen LogP contribution in [0.15, 0.2) is 21.6 Å². The monoisotopic (exact) mass is 316 g/mol. The van der Waals surface area contributed by atoms with E-state index in [0.717, 1.165) is 6.42 Å². The summed E-state index contributed by atoms with van der Waals surface area (Å²) in [5, 5.41) is 12.1. The molecule has 0 bridgehead atoms. The van der Waals surface area contributed by atoms with E-state index in [2.05, 4.69) is 10.0 Å². The van der Waals surface area contributed by atoms with Crippen LogP contribution >= 0.6 is 0 Å². The summed E-state index contributed by atoms with van der Waals surface area (Å²) in [6.45, 7) is 2.97. The van der Waals surface area contributed by atoms with Gasteiger partial charge in [-0.05, 0) is 43.7 Å². The summed E-state index contributed by atoms with van der Waals surface area (Å²) in [6.07, 6.45) is 3.84. The minimum atomic E-state index is -3.57. The lowest BCUT2D eigenvalue weighted by Gasteiger charge is -2.08. The summed E-state index contributed by atoms with van der Waals surface area (Å²) in [6, 6.07) is 3.74. The van der Waals surface area contributed by atoms with Crippen LogP contribution in [0.3, 0.4) is 0 Å². The minimum absolute atomic E-state index is 0.0368. The molecule has 21 heavy (non-hydrogen) atoms. The van der Waals surface area contributed by atoms with Crippen LogP contribution in [0, 0.1) is 5.92 Å². The molecule has 1 atom stereocenters. The Morgan fingerprint density at radius 2 is 2.19 bits per heavy atom. The zero-order valence-electron chi connectivity index (χ0n) is 12.3. The van der Waals surface area contributed by atoms with Crippen molar-refractivity contribution in [3.05, 3.63) is 17.9 Å². The molecule has 1 fully saturated rings. The SMILES string of the molecule is CC(CO)CCCNS(=O)(=O)c1ccc(CNC2CC2)o1. The van der Waals surface area contributed by atoms with Gasteiger partial charge in [-0.25, -0.2) is 13.1 Å². The lowest BCUT2D eigenvalue weighted by Crippen LogP contribution is -2.25. The van der Waals surface area contributed by atoms with Crippen molar-refractivity contribution in [3.8, 4) is 0 Å². The third-order valence-corrected chi connectivity index (χ3v) is 4.85. The van der Waals surface area contributed by atoms with Crippen molar-refractivity contribution in [1.29, 1.82) is 0 Å². The van der Waals surface area contributed by atoms with Gasteiger partial charge in [-0.1, -0.05) is 6.92 Å². The topological polar surface area (TPSA) is 91.6 Å². The van der Waals surface area contributed by atoms with E-state index in [4.69, 9.17) is 9.52 Å². The van der Waals surface area contributed by atoms with Gasteiger partial charge in [0.1, 0.15) is 5.76 Å². The second-order valence-corrected chi connectivity index (χ2v) is 7.40. The fraction of sp³-hybridized carbons (Fsp3) is 0.714. The Labute approximate surface area is 126 Å². The number of nitrogens with one attached hydrogen (secondary N) is 2. The highest BCUT2D eigenvalue weighted by atomic mass is 32.2. The van der Waals surface area contributed by atoms with Crippen LogP contribution in [0.25, 0.3) is 0 Å². The molecule has 1 unspecified atom stereocenters. The first-order valence-electron chi connectivity index (χ1n) is 7.44. The van der Waals surface area contributed by atoms with Crippen LogP contribution in [0.5, 0.6) is 0 Å². The number of rotatable bonds is 10. The van der Waals surface area contributed by atoms with Gasteiger partial charge >= 0.3 is 0 Å². The third-order valence-electron chi connectivity index (χ3n) is 3.52. The Hall–Kier alpha value is -0.890. The van der Waals surface area contributed by atoms with Crippen LogP contribution in [-0.4, -0.2) is 32.7 Å². The lowest BCUT2D eigenvalue weighted by atomic mass is 10.1. The summed E-state index contributed by atoms with van der Waals surface area (Å²) < 4.78 is 32.0. The van der Waals surface area contributed by atoms with Crippen molar-refractivity contribution in [3.63, 3.8) is 0 Å². The summed E-state index contributed by atoms with van der Waals surface area (Å²) in [5.74, 6) is 0.828. The molecule has 0 saturated heterocycles. The molecule has 6 nitrogen and oxygen atoms in total. The second kappa shape index (κ2) is 7.40. The standard InChI is InChI=1S/C14H24N2O4S/c1-11(10-17)3-2-8-16-21(18,19)14-7-6-13(20-14)9-15-12-4-5-12/h6-7,11-12,15-17H,2-5,8-10H2,1H3. The Balaban J connectivity index is 1.78. The highest BCUT2D eigenvalue weighted by Crippen LogP contribution is 2.20. The molecular weight excluding hydrogens is 292 g/mol. The minimum Gasteiger partial charge on any atom is -0.447 e. The van der Waals surface area contributed by atoms with Gasteiger partial charge in [-0.2, -0.15) is 0 Å². The maximum Gasteiger partial charge on any atom is 0.273 e. The highest BCUT2D eigenvalue weighted by molar-refractivity contribution is 7.89. The average molecular weight is 316 g/mol. The van der Waals surface area contributed by atoms with Crippen LogP contribution in [-0.2, 0) is 16.6 Å². The molecule has 1 aliphatic rings. The molecule has 0 spiro atoms. The Morgan fingerprint density at radius 1 is 1.43 bits per heavy atom. The smallest absolute Gasteiger partial charge is 0.273 e. The fourth-order valence-corrected chi connectivity index (χ4v) is 2.97. The molecule has 120 valence electrons. The number of hydrogen-bond acceptors (Lipinski definition) is 5. The Kier molecular flexibility index (Phi) is 5.80. The van der Waals surface area contributed by atoms with Gasteiger partial charge in [-0.3, -0.25) is 0 Å². The van der Waals surface area contributed by atoms with Crippen molar-refractivity contribution >= 4 is 10.0 Å². The van der Waals surface area contributed by atoms with Gasteiger partial charge in [0.05, 0.1) is 6.54 Å². The average Bonchev–Trinajstić information content (AvgIpc) is 3.16. The van der Waals surface area contributed by atoms with Crippen molar-refractivity contribution in [1.82, 2.24) is 10.0 Å². The molecule has 1 heterocycles. The Bertz CT molecular complexity index is 537. The van der Waals surface area contributed by atoms with Gasteiger partial charge in [0.15, 0.2) is 0 Å². The predicted octanol–water partition coefficient (Wildman–Crippen LogP) is 1.22. The predicted molar refractivity (Wildman–Crippen MR) is 79.2 cm³/mol. The number of aliphatic hydroxyl groups is 1. The summed E-state index contributed by atoms with van der Waals surface area (Å²) in [4.78, 5) is 0. The zero-order chi connectivity index (χ0) is 15.3. The van der Waals surface area contributed by atoms with Crippen molar-refractivity contribution in [2.75, 3.05) is 13.2 Å². The first-order valence-corrected chi connectivity index (χ1v) is 8.92. The summed E-state index contributed by atoms with van der Waals surface area (Å²) in [5.41, 5.74) is 0. The van der Waals surface area contributed by atoms with Crippen LogP contribution < -0.4 is 10.0 Å². The number of aliphatic hydroxyl groups excluding tert-OH is 1. The Morgan fingerprint density at radius 3 is 2.86 bits per heavy atom. The van der Waals surface area contributed by atoms with E-state index in [1.807, 2.05) is 6.92 Å². The van der Waals surface area contributed by atoms with E-state index in [9.17, 15) is 8.42 Å². The molecule has 1 aromatic rings. The van der Waals surface area contributed by atoms with Gasteiger partial charge in [0.2, 0.25) is 5.09 Å². The van der Waals surface area contributed by atoms with E-state index in [1.165, 1.54) is 18.9 Å². The lowest BCUT2D eigenvalue weighted by molar-refractivity contribution is 0.228. The van der Waals surface area contributed by atoms with Crippen molar-refractivity contribution in [2.45, 2.75) is 50.3 Å². The molecule has 3 N–H and O–H groups in total. The first kappa shape index (κ1) is 16.5. The summed E-state index contributed by atoms with van der Waals surface area (Å²) in [7, 11) is -3.57. The van der Waals surface area contributed by atoms with Gasteiger partial charge in [0, 0.05) is 19.2 Å². The maximum atomic E-state index is 12.0. The van der Waals surface area contributed by atoms with Gasteiger partial charge < -0.3 is 14.8 Å². The molecule has 0 amide bonds. The molecule has 1 saturated carbocycles. The largest absolute Gasteiger partial charge is 0.447 e. The van der Waals surface area contributed by atoms with E-state index < -0.39 is 10.0 Å². The second-order valence-electron chi connectivity index (χ2n) is 5.70. The first-order chi connectivity index (χ1) is 10.0. The van der Waals surface area contributed by atoms with Crippen molar-refractivity contribution in [2.24, 2.45) is 5.92 Å². The van der Waals surface area contributed by atoms with Crippen molar-refractivity contribution < 1.29 is 17.9 Å². The van der Waals surface area contributed by atoms with Crippen LogP contribution in [0.4, 0.5) is 0 Å². The normalized spacial score (nSPS) is 17.0. The number of furan rings is 1. The molecule has 7 heteroatoms. The molecule has 1 aliphatic carbocycles. The maximum absolute atomic E-state index is 12.0. The third kappa shape index (κ3) is 5.43. The molecular formula is C14H24N2O4S. The van der Waals surface area contributed by atoms with Gasteiger partial charge in [0.25, 0.3) is 10.0 Å². The number of sulfonamides is 1. The fourth-order valence-electron chi connectivity index (χ4n) is 1.95. The van der Waals surface area contributed by atoms with Gasteiger partial charge in [-0.15, -0.1) is 0 Å². The molecule has 0 aromatic carbocycles.